The van der Waals surface area contributed by atoms with Crippen LogP contribution in [0.2, 0.25) is 0 Å². The summed E-state index contributed by atoms with van der Waals surface area (Å²) in [5.74, 6) is -0.314. The van der Waals surface area contributed by atoms with Gasteiger partial charge in [-0.15, -0.1) is 0 Å². The number of hydrogen-bond acceptors (Lipinski definition) is 5. The summed E-state index contributed by atoms with van der Waals surface area (Å²) >= 11 is 0. The van der Waals surface area contributed by atoms with Crippen LogP contribution in [0.15, 0.2) is 18.2 Å². The number of nitro groups is 1. The van der Waals surface area contributed by atoms with Gasteiger partial charge >= 0.3 is 11.7 Å². The molecule has 1 aromatic carbocycles. The largest absolute Gasteiger partial charge is 0.493 e. The van der Waals surface area contributed by atoms with Crippen LogP contribution in [0.5, 0.6) is 11.5 Å². The molecule has 0 fully saturated rings. The summed E-state index contributed by atoms with van der Waals surface area (Å²) < 4.78 is 10.2. The average molecular weight is 269 g/mol. The minimum atomic E-state index is -0.847. The zero-order valence-corrected chi connectivity index (χ0v) is 10.5. The predicted octanol–water partition coefficient (Wildman–Crippen LogP) is 2.24. The van der Waals surface area contributed by atoms with E-state index < -0.39 is 10.9 Å². The highest BCUT2D eigenvalue weighted by Gasteiger charge is 2.15. The van der Waals surface area contributed by atoms with E-state index in [4.69, 9.17) is 14.6 Å². The Kier molecular flexibility index (Phi) is 5.59. The van der Waals surface area contributed by atoms with Gasteiger partial charge in [-0.3, -0.25) is 14.9 Å². The summed E-state index contributed by atoms with van der Waals surface area (Å²) in [5, 5.41) is 19.2. The first-order valence-corrected chi connectivity index (χ1v) is 5.71. The van der Waals surface area contributed by atoms with E-state index in [0.717, 1.165) is 0 Å². The molecule has 0 aromatic heterocycles. The Morgan fingerprint density at radius 3 is 2.74 bits per heavy atom. The fourth-order valence-electron chi connectivity index (χ4n) is 1.47. The van der Waals surface area contributed by atoms with E-state index in [2.05, 4.69) is 0 Å². The second-order valence-corrected chi connectivity index (χ2v) is 3.79. The number of rotatable bonds is 8. The Morgan fingerprint density at radius 2 is 2.16 bits per heavy atom. The molecule has 0 aliphatic rings. The molecule has 7 heteroatoms. The van der Waals surface area contributed by atoms with Gasteiger partial charge in [-0.05, 0) is 25.0 Å². The van der Waals surface area contributed by atoms with Gasteiger partial charge in [0.05, 0.1) is 24.7 Å². The van der Waals surface area contributed by atoms with Crippen LogP contribution in [0.25, 0.3) is 0 Å². The van der Waals surface area contributed by atoms with Crippen LogP contribution in [0.4, 0.5) is 5.69 Å². The number of aliphatic carboxylic acids is 1. The monoisotopic (exact) mass is 269 g/mol. The molecule has 0 heterocycles. The molecule has 0 aliphatic heterocycles. The first kappa shape index (κ1) is 14.7. The minimum Gasteiger partial charge on any atom is -0.493 e. The van der Waals surface area contributed by atoms with Crippen LogP contribution in [-0.4, -0.2) is 29.7 Å². The van der Waals surface area contributed by atoms with Gasteiger partial charge in [0.1, 0.15) is 5.75 Å². The summed E-state index contributed by atoms with van der Waals surface area (Å²) in [4.78, 5) is 20.5. The fraction of sp³-hybridized carbons (Fsp3) is 0.417. The Hall–Kier alpha value is -2.31. The molecular weight excluding hydrogens is 254 g/mol. The van der Waals surface area contributed by atoms with Crippen molar-refractivity contribution in [3.8, 4) is 11.5 Å². The average Bonchev–Trinajstić information content (AvgIpc) is 2.37. The van der Waals surface area contributed by atoms with Crippen LogP contribution in [-0.2, 0) is 4.79 Å². The van der Waals surface area contributed by atoms with Crippen molar-refractivity contribution in [2.24, 2.45) is 0 Å². The zero-order valence-electron chi connectivity index (χ0n) is 10.5. The van der Waals surface area contributed by atoms with E-state index in [0.29, 0.717) is 25.2 Å². The molecule has 7 nitrogen and oxygen atoms in total. The molecule has 0 saturated heterocycles. The van der Waals surface area contributed by atoms with E-state index in [1.54, 1.807) is 6.07 Å². The molecule has 104 valence electrons. The lowest BCUT2D eigenvalue weighted by molar-refractivity contribution is -0.385. The lowest BCUT2D eigenvalue weighted by atomic mass is 10.2. The number of nitrogens with zero attached hydrogens (tertiary/aromatic N) is 1. The first-order valence-electron chi connectivity index (χ1n) is 5.71. The molecule has 0 bridgehead atoms. The molecular formula is C12H15NO6. The van der Waals surface area contributed by atoms with Crippen LogP contribution in [0.1, 0.15) is 19.3 Å². The van der Waals surface area contributed by atoms with Crippen molar-refractivity contribution in [1.82, 2.24) is 0 Å². The summed E-state index contributed by atoms with van der Waals surface area (Å²) in [6, 6.07) is 4.32. The number of ether oxygens (including phenoxy) is 2. The third-order valence-corrected chi connectivity index (χ3v) is 2.40. The number of benzene rings is 1. The zero-order chi connectivity index (χ0) is 14.3. The highest BCUT2D eigenvalue weighted by atomic mass is 16.6. The summed E-state index contributed by atoms with van der Waals surface area (Å²) in [5.41, 5.74) is -0.162. The number of carboxylic acid groups (broad SMARTS) is 1. The number of carboxylic acids is 1. The van der Waals surface area contributed by atoms with Crippen LogP contribution < -0.4 is 9.47 Å². The summed E-state index contributed by atoms with van der Waals surface area (Å²) in [6.07, 6.45) is 1.17. The van der Waals surface area contributed by atoms with Crippen LogP contribution >= 0.6 is 0 Å². The highest BCUT2D eigenvalue weighted by molar-refractivity contribution is 5.66. The van der Waals surface area contributed by atoms with E-state index in [-0.39, 0.29) is 17.9 Å². The molecule has 1 rings (SSSR count). The molecule has 0 atom stereocenters. The number of hydrogen-bond donors (Lipinski definition) is 1. The maximum atomic E-state index is 10.8. The van der Waals surface area contributed by atoms with Gasteiger partial charge in [0.2, 0.25) is 0 Å². The standard InChI is InChI=1S/C12H15NO6/c1-18-11-6-5-9(8-10(11)13(16)17)19-7-3-2-4-12(14)15/h5-6,8H,2-4,7H2,1H3,(H,14,15). The Morgan fingerprint density at radius 1 is 1.42 bits per heavy atom. The smallest absolute Gasteiger partial charge is 0.314 e. The first-order chi connectivity index (χ1) is 9.04. The van der Waals surface area contributed by atoms with Gasteiger partial charge < -0.3 is 14.6 Å². The van der Waals surface area contributed by atoms with Crippen molar-refractivity contribution >= 4 is 11.7 Å². The molecule has 1 N–H and O–H groups in total. The Labute approximate surface area is 109 Å². The van der Waals surface area contributed by atoms with Crippen molar-refractivity contribution in [2.45, 2.75) is 19.3 Å². The van der Waals surface area contributed by atoms with Crippen molar-refractivity contribution in [2.75, 3.05) is 13.7 Å². The van der Waals surface area contributed by atoms with Crippen molar-refractivity contribution in [3.05, 3.63) is 28.3 Å². The van der Waals surface area contributed by atoms with Crippen molar-refractivity contribution in [3.63, 3.8) is 0 Å². The molecule has 0 spiro atoms. The molecule has 19 heavy (non-hydrogen) atoms. The number of nitro benzene ring substituents is 1. The maximum absolute atomic E-state index is 10.8. The van der Waals surface area contributed by atoms with Gasteiger partial charge in [-0.1, -0.05) is 0 Å². The lowest BCUT2D eigenvalue weighted by Gasteiger charge is -2.07. The highest BCUT2D eigenvalue weighted by Crippen LogP contribution is 2.30. The van der Waals surface area contributed by atoms with E-state index >= 15 is 0 Å². The second-order valence-electron chi connectivity index (χ2n) is 3.79. The SMILES string of the molecule is COc1ccc(OCCCCC(=O)O)cc1[N+](=O)[O-]. The summed E-state index contributed by atoms with van der Waals surface area (Å²) in [6.45, 7) is 0.316. The third-order valence-electron chi connectivity index (χ3n) is 2.40. The fourth-order valence-corrected chi connectivity index (χ4v) is 1.47. The molecule has 0 aliphatic carbocycles. The predicted molar refractivity (Wildman–Crippen MR) is 66.6 cm³/mol. The van der Waals surface area contributed by atoms with Crippen LogP contribution in [0.3, 0.4) is 0 Å². The topological polar surface area (TPSA) is 98.9 Å². The van der Waals surface area contributed by atoms with Crippen molar-refractivity contribution < 1.29 is 24.3 Å². The van der Waals surface area contributed by atoms with Gasteiger partial charge in [0.25, 0.3) is 0 Å². The molecule has 0 unspecified atom stereocenters. The third kappa shape index (κ3) is 4.82. The van der Waals surface area contributed by atoms with E-state index in [9.17, 15) is 14.9 Å². The van der Waals surface area contributed by atoms with Gasteiger partial charge in [0, 0.05) is 6.42 Å². The normalized spacial score (nSPS) is 9.95. The van der Waals surface area contributed by atoms with Crippen LogP contribution in [0, 0.1) is 10.1 Å². The van der Waals surface area contributed by atoms with Crippen molar-refractivity contribution in [1.29, 1.82) is 0 Å². The summed E-state index contributed by atoms with van der Waals surface area (Å²) in [7, 11) is 1.36. The number of methoxy groups -OCH3 is 1. The minimum absolute atomic E-state index is 0.0894. The molecule has 0 saturated carbocycles. The molecule has 1 aromatic rings. The number of unbranched alkanes of at least 4 members (excludes halogenated alkanes) is 1. The second kappa shape index (κ2) is 7.20. The molecule has 0 radical (unpaired) electrons. The maximum Gasteiger partial charge on any atom is 0.314 e. The number of carbonyl (C=O) groups is 1. The Bertz CT molecular complexity index is 460. The van der Waals surface area contributed by atoms with Gasteiger partial charge in [-0.25, -0.2) is 0 Å². The lowest BCUT2D eigenvalue weighted by Crippen LogP contribution is -2.01. The Balaban J connectivity index is 2.53. The van der Waals surface area contributed by atoms with E-state index in [1.807, 2.05) is 0 Å². The van der Waals surface area contributed by atoms with Gasteiger partial charge in [-0.2, -0.15) is 0 Å². The molecule has 0 amide bonds. The van der Waals surface area contributed by atoms with Gasteiger partial charge in [0.15, 0.2) is 5.75 Å². The quantitative estimate of drug-likeness (QED) is 0.441. The van der Waals surface area contributed by atoms with E-state index in [1.165, 1.54) is 19.2 Å².